The van der Waals surface area contributed by atoms with E-state index >= 15 is 0 Å². The fraction of sp³-hybridized carbons (Fsp3) is 0.111. The van der Waals surface area contributed by atoms with Crippen LogP contribution in [-0.4, -0.2) is 30.3 Å². The van der Waals surface area contributed by atoms with Crippen LogP contribution >= 0.6 is 47.1 Å². The van der Waals surface area contributed by atoms with E-state index in [-0.39, 0.29) is 231 Å². The van der Waals surface area contributed by atoms with E-state index in [4.69, 9.17) is 10.8 Å². The molecule has 17 heteroatoms. The fourth-order valence-corrected chi connectivity index (χ4v) is 3.92. The quantitative estimate of drug-likeness (QED) is 0.0742. The summed E-state index contributed by atoms with van der Waals surface area (Å²) in [5.41, 5.74) is 6.12. The third-order valence-electron chi connectivity index (χ3n) is 4.90. The predicted molar refractivity (Wildman–Crippen MR) is 205 cm³/mol. The van der Waals surface area contributed by atoms with Gasteiger partial charge in [0.1, 0.15) is 0 Å². The van der Waals surface area contributed by atoms with Crippen LogP contribution in [0.5, 0.6) is 0 Å². The van der Waals surface area contributed by atoms with Crippen molar-refractivity contribution in [3.8, 4) is 22.8 Å². The molecule has 6 radical (unpaired) electrons. The van der Waals surface area contributed by atoms with E-state index in [1.807, 2.05) is 97.3 Å². The molecule has 264 valence electrons. The molecule has 0 bridgehead atoms. The minimum Gasteiger partial charge on any atom is -0.753 e. The van der Waals surface area contributed by atoms with Gasteiger partial charge in [0, 0.05) is 221 Å². The van der Waals surface area contributed by atoms with Crippen LogP contribution in [0.25, 0.3) is 33.6 Å². The number of nitrogens with zero attached hydrogens (tertiary/aromatic N) is 6. The number of isothiocyanates is 2. The standard InChI is InChI=1S/C12H12N2.C10H8N2.2C5H5S.2CNS.2CH3.Ru.6Y/c1-9-3-5-13-11(7-9)12-8-10(2)4-6-14-12;1-3-7-11-9(5-1)10-6-2-4-8-12-10;2*1-5-3-2-4-6-5;2*2-1-3;;;;;;;;;/h3-8H,1-2H3;1-8H;2*2-3H,1H3;;;2*1H3;;;;;;;/q;;6*-1;+2;;;;;;. The Bertz CT molecular complexity index is 1540. The van der Waals surface area contributed by atoms with Crippen molar-refractivity contribution < 1.29 is 216 Å². The van der Waals surface area contributed by atoms with Crippen molar-refractivity contribution >= 4 is 57.4 Å². The minimum absolute atomic E-state index is 0. The number of aryl methyl sites for hydroxylation is 4. The van der Waals surface area contributed by atoms with E-state index in [9.17, 15) is 0 Å². The summed E-state index contributed by atoms with van der Waals surface area (Å²) in [6, 6.07) is 27.6. The van der Waals surface area contributed by atoms with Gasteiger partial charge in [0.2, 0.25) is 0 Å². The summed E-state index contributed by atoms with van der Waals surface area (Å²) in [5.74, 6) is 0. The number of hydrogen-bond donors (Lipinski definition) is 0. The summed E-state index contributed by atoms with van der Waals surface area (Å²) in [5, 5.41) is 22.9. The molecule has 6 rings (SSSR count). The molecule has 0 saturated carbocycles. The van der Waals surface area contributed by atoms with Crippen LogP contribution in [0.3, 0.4) is 0 Å². The second-order valence-electron chi connectivity index (χ2n) is 8.38. The number of aromatic nitrogens is 4. The first-order valence-electron chi connectivity index (χ1n) is 12.9. The molecule has 0 aliphatic heterocycles. The Kier molecular flexibility index (Phi) is 76.4. The average Bonchev–Trinajstić information content (AvgIpc) is 3.73. The summed E-state index contributed by atoms with van der Waals surface area (Å²) >= 11 is 10.7. The van der Waals surface area contributed by atoms with E-state index < -0.39 is 0 Å². The van der Waals surface area contributed by atoms with E-state index in [0.29, 0.717) is 0 Å². The second-order valence-corrected chi connectivity index (χ2v) is 10.9. The van der Waals surface area contributed by atoms with Crippen LogP contribution < -0.4 is 0 Å². The molecule has 6 aromatic rings. The summed E-state index contributed by atoms with van der Waals surface area (Å²) in [6.07, 6.45) is 7.16. The smallest absolute Gasteiger partial charge is 0.753 e. The molecular weight excluding hydrogens is 1280 g/mol. The van der Waals surface area contributed by atoms with Gasteiger partial charge in [-0.25, -0.2) is 12.1 Å². The molecule has 0 aliphatic carbocycles. The molecule has 0 aromatic carbocycles. The van der Waals surface area contributed by atoms with Crippen LogP contribution in [-0.2, 0) is 216 Å². The second kappa shape index (κ2) is 52.9. The molecule has 0 spiro atoms. The summed E-state index contributed by atoms with van der Waals surface area (Å²) in [4.78, 5) is 19.6. The van der Waals surface area contributed by atoms with Crippen LogP contribution in [0.1, 0.15) is 20.9 Å². The summed E-state index contributed by atoms with van der Waals surface area (Å²) in [7, 11) is 0. The molecular formula is C36H36N6RuS4Y6-4. The van der Waals surface area contributed by atoms with E-state index in [0.717, 1.165) is 22.8 Å². The van der Waals surface area contributed by atoms with Gasteiger partial charge in [-0.15, -0.1) is 10.8 Å². The zero-order valence-corrected chi connectivity index (χ0v) is 52.6. The molecule has 0 fully saturated rings. The van der Waals surface area contributed by atoms with Crippen molar-refractivity contribution in [1.29, 1.82) is 0 Å². The Labute approximate surface area is 500 Å². The zero-order valence-electron chi connectivity index (χ0n) is 30.5. The first-order chi connectivity index (χ1) is 21.3. The fourth-order valence-electron chi connectivity index (χ4n) is 3.01. The molecule has 6 aromatic heterocycles. The third kappa shape index (κ3) is 41.4. The number of thiophene rings is 2. The Morgan fingerprint density at radius 3 is 1.00 bits per heavy atom. The van der Waals surface area contributed by atoms with E-state index in [1.54, 1.807) is 35.1 Å². The van der Waals surface area contributed by atoms with E-state index in [1.165, 1.54) is 31.2 Å². The first kappa shape index (κ1) is 76.5. The van der Waals surface area contributed by atoms with Crippen molar-refractivity contribution in [2.75, 3.05) is 0 Å². The minimum atomic E-state index is 0. The van der Waals surface area contributed by atoms with Crippen molar-refractivity contribution in [3.05, 3.63) is 167 Å². The van der Waals surface area contributed by atoms with E-state index in [2.05, 4.69) is 82.8 Å². The Balaban J connectivity index is -0.0000000652. The molecule has 0 aliphatic rings. The van der Waals surface area contributed by atoms with Crippen LogP contribution in [0.15, 0.2) is 110 Å². The number of hydrogen-bond acceptors (Lipinski definition) is 8. The van der Waals surface area contributed by atoms with Crippen molar-refractivity contribution in [2.45, 2.75) is 27.7 Å². The SMILES string of the molecule is Cc1cc[c-]s1.Cc1cc[c-]s1.Cc1ccnc(-c2cc(C)ccn2)c1.[CH3-].[CH3-].[N-]=C=S.[N-]=C=S.[Ru+2].[Y].[Y].[Y].[Y].[Y].[Y].c1ccc(-c2ccccn2)nc1. The van der Waals surface area contributed by atoms with Gasteiger partial charge < -0.3 is 48.3 Å². The Hall–Kier alpha value is 2.85. The van der Waals surface area contributed by atoms with Gasteiger partial charge in [0.25, 0.3) is 0 Å². The van der Waals surface area contributed by atoms with Gasteiger partial charge >= 0.3 is 19.5 Å². The molecule has 0 unspecified atom stereocenters. The maximum absolute atomic E-state index is 7.13. The largest absolute Gasteiger partial charge is 2.00 e. The normalized spacial score (nSPS) is 7.17. The number of pyridine rings is 4. The van der Waals surface area contributed by atoms with Crippen molar-refractivity contribution in [1.82, 2.24) is 19.9 Å². The van der Waals surface area contributed by atoms with Gasteiger partial charge in [-0.2, -0.15) is 32.2 Å². The molecule has 6 heterocycles. The third-order valence-corrected chi connectivity index (χ3v) is 6.32. The molecule has 53 heavy (non-hydrogen) atoms. The summed E-state index contributed by atoms with van der Waals surface area (Å²) < 4.78 is 0. The molecule has 6 nitrogen and oxygen atoms in total. The number of thiocarbonyl (C=S) groups is 2. The van der Waals surface area contributed by atoms with Crippen LogP contribution in [0.2, 0.25) is 0 Å². The van der Waals surface area contributed by atoms with Crippen molar-refractivity contribution in [2.24, 2.45) is 0 Å². The molecule has 0 N–H and O–H groups in total. The molecule has 0 saturated heterocycles. The maximum Gasteiger partial charge on any atom is 2.00 e. The average molecular weight is 1320 g/mol. The maximum atomic E-state index is 7.13. The van der Waals surface area contributed by atoms with Gasteiger partial charge in [-0.1, -0.05) is 50.4 Å². The predicted octanol–water partition coefficient (Wildman–Crippen LogP) is 10.8. The first-order valence-corrected chi connectivity index (χ1v) is 15.3. The topological polar surface area (TPSA) is 96.2 Å². The summed E-state index contributed by atoms with van der Waals surface area (Å²) in [6.45, 7) is 8.25. The Morgan fingerprint density at radius 2 is 0.811 bits per heavy atom. The number of rotatable bonds is 2. The van der Waals surface area contributed by atoms with Gasteiger partial charge in [-0.05, 0) is 73.5 Å². The Morgan fingerprint density at radius 1 is 0.509 bits per heavy atom. The van der Waals surface area contributed by atoms with Gasteiger partial charge in [0.15, 0.2) is 0 Å². The van der Waals surface area contributed by atoms with Gasteiger partial charge in [0.05, 0.1) is 22.8 Å². The zero-order chi connectivity index (χ0) is 32.4. The molecule has 0 amide bonds. The monoisotopic (exact) mass is 1320 g/mol. The van der Waals surface area contributed by atoms with Crippen LogP contribution in [0, 0.1) is 53.3 Å². The van der Waals surface area contributed by atoms with Gasteiger partial charge in [-0.3, -0.25) is 19.9 Å². The van der Waals surface area contributed by atoms with Crippen molar-refractivity contribution in [3.63, 3.8) is 0 Å². The molecule has 0 atom stereocenters. The van der Waals surface area contributed by atoms with Crippen LogP contribution in [0.4, 0.5) is 0 Å².